The Balaban J connectivity index is 2.47. The van der Waals surface area contributed by atoms with Crippen LogP contribution in [0.2, 0.25) is 0 Å². The number of nitrogens with zero attached hydrogens (tertiary/aromatic N) is 1. The molecule has 1 aromatic rings. The molecule has 7 heteroatoms. The summed E-state index contributed by atoms with van der Waals surface area (Å²) in [6, 6.07) is 2.80. The zero-order chi connectivity index (χ0) is 15.6. The number of anilines is 1. The van der Waals surface area contributed by atoms with Crippen LogP contribution in [-0.2, 0) is 11.0 Å². The first-order valence-electron chi connectivity index (χ1n) is 6.53. The zero-order valence-corrected chi connectivity index (χ0v) is 11.4. The minimum atomic E-state index is -4.58. The van der Waals surface area contributed by atoms with Crippen molar-refractivity contribution >= 4 is 17.9 Å². The third-order valence-electron chi connectivity index (χ3n) is 3.57. The highest BCUT2D eigenvalue weighted by Gasteiger charge is 2.39. The summed E-state index contributed by atoms with van der Waals surface area (Å²) in [5.41, 5.74) is -0.983. The van der Waals surface area contributed by atoms with E-state index in [1.165, 1.54) is 24.1 Å². The quantitative estimate of drug-likeness (QED) is 0.871. The van der Waals surface area contributed by atoms with Crippen LogP contribution in [0.15, 0.2) is 18.2 Å². The summed E-state index contributed by atoms with van der Waals surface area (Å²) in [5.74, 6) is -0.305. The molecule has 1 unspecified atom stereocenters. The second kappa shape index (κ2) is 5.75. The molecule has 0 saturated carbocycles. The van der Waals surface area contributed by atoms with Crippen LogP contribution in [0.4, 0.5) is 18.9 Å². The summed E-state index contributed by atoms with van der Waals surface area (Å²) >= 11 is 0. The van der Waals surface area contributed by atoms with Gasteiger partial charge in [-0.2, -0.15) is 13.2 Å². The maximum atomic E-state index is 13.2. The van der Waals surface area contributed by atoms with Gasteiger partial charge in [0.25, 0.3) is 0 Å². The van der Waals surface area contributed by atoms with E-state index >= 15 is 0 Å². The molecule has 1 saturated heterocycles. The van der Waals surface area contributed by atoms with Crippen molar-refractivity contribution < 1.29 is 22.8 Å². The fourth-order valence-electron chi connectivity index (χ4n) is 2.60. The first kappa shape index (κ1) is 15.3. The SMILES string of the molecule is CNC(=O)C1CCCN1c1ccc(C=O)cc1C(F)(F)F. The third kappa shape index (κ3) is 3.01. The number of hydrogen-bond donors (Lipinski definition) is 1. The molecule has 1 aliphatic rings. The summed E-state index contributed by atoms with van der Waals surface area (Å²) in [6.07, 6.45) is -3.05. The van der Waals surface area contributed by atoms with Gasteiger partial charge in [-0.05, 0) is 31.0 Å². The molecule has 1 heterocycles. The van der Waals surface area contributed by atoms with Crippen LogP contribution in [0, 0.1) is 0 Å². The fourth-order valence-corrected chi connectivity index (χ4v) is 2.60. The van der Waals surface area contributed by atoms with Crippen LogP contribution < -0.4 is 10.2 Å². The Kier molecular flexibility index (Phi) is 4.20. The molecule has 1 amide bonds. The van der Waals surface area contributed by atoms with Crippen LogP contribution in [0.3, 0.4) is 0 Å². The fraction of sp³-hybridized carbons (Fsp3) is 0.429. The van der Waals surface area contributed by atoms with Crippen molar-refractivity contribution in [3.8, 4) is 0 Å². The summed E-state index contributed by atoms with van der Waals surface area (Å²) in [5, 5.41) is 2.47. The highest BCUT2D eigenvalue weighted by atomic mass is 19.4. The van der Waals surface area contributed by atoms with Gasteiger partial charge in [-0.3, -0.25) is 9.59 Å². The smallest absolute Gasteiger partial charge is 0.359 e. The number of carbonyl (C=O) groups excluding carboxylic acids is 2. The Bertz CT molecular complexity index is 558. The molecular formula is C14H15F3N2O2. The number of nitrogens with one attached hydrogen (secondary N) is 1. The molecule has 1 aliphatic heterocycles. The lowest BCUT2D eigenvalue weighted by molar-refractivity contribution is -0.137. The molecule has 1 atom stereocenters. The molecule has 21 heavy (non-hydrogen) atoms. The van der Waals surface area contributed by atoms with Crippen molar-refractivity contribution in [2.45, 2.75) is 25.1 Å². The molecule has 0 bridgehead atoms. The van der Waals surface area contributed by atoms with Gasteiger partial charge in [0.15, 0.2) is 0 Å². The summed E-state index contributed by atoms with van der Waals surface area (Å²) in [4.78, 5) is 23.9. The number of hydrogen-bond acceptors (Lipinski definition) is 3. The van der Waals surface area contributed by atoms with Gasteiger partial charge in [0, 0.05) is 24.8 Å². The van der Waals surface area contributed by atoms with Gasteiger partial charge in [0.2, 0.25) is 5.91 Å². The standard InChI is InChI=1S/C14H15F3N2O2/c1-18-13(21)12-3-2-6-19(12)11-5-4-9(8-20)7-10(11)14(15,16)17/h4-5,7-8,12H,2-3,6H2,1H3,(H,18,21). The number of aldehydes is 1. The summed E-state index contributed by atoms with van der Waals surface area (Å²) in [6.45, 7) is 0.377. The highest BCUT2D eigenvalue weighted by molar-refractivity contribution is 5.86. The number of likely N-dealkylation sites (N-methyl/N-ethyl adjacent to an activating group) is 1. The van der Waals surface area contributed by atoms with E-state index in [-0.39, 0.29) is 17.2 Å². The lowest BCUT2D eigenvalue weighted by Gasteiger charge is -2.28. The number of carbonyl (C=O) groups is 2. The Morgan fingerprint density at radius 3 is 2.71 bits per heavy atom. The molecule has 0 aliphatic carbocycles. The number of amides is 1. The second-order valence-electron chi connectivity index (χ2n) is 4.86. The van der Waals surface area contributed by atoms with E-state index in [2.05, 4.69) is 5.32 Å². The van der Waals surface area contributed by atoms with Gasteiger partial charge in [-0.1, -0.05) is 0 Å². The lowest BCUT2D eigenvalue weighted by Crippen LogP contribution is -2.42. The van der Waals surface area contributed by atoms with E-state index < -0.39 is 17.8 Å². The number of halogens is 3. The van der Waals surface area contributed by atoms with Crippen molar-refractivity contribution in [3.05, 3.63) is 29.3 Å². The van der Waals surface area contributed by atoms with E-state index in [0.29, 0.717) is 25.7 Å². The van der Waals surface area contributed by atoms with E-state index in [0.717, 1.165) is 6.07 Å². The molecule has 114 valence electrons. The normalized spacial score (nSPS) is 18.7. The van der Waals surface area contributed by atoms with E-state index in [9.17, 15) is 22.8 Å². The zero-order valence-electron chi connectivity index (χ0n) is 11.4. The molecule has 2 rings (SSSR count). The molecule has 0 radical (unpaired) electrons. The number of alkyl halides is 3. The third-order valence-corrected chi connectivity index (χ3v) is 3.57. The highest BCUT2D eigenvalue weighted by Crippen LogP contribution is 2.39. The number of benzene rings is 1. The van der Waals surface area contributed by atoms with Crippen LogP contribution in [0.5, 0.6) is 0 Å². The van der Waals surface area contributed by atoms with Gasteiger partial charge in [-0.25, -0.2) is 0 Å². The van der Waals surface area contributed by atoms with E-state index in [1.54, 1.807) is 0 Å². The first-order chi connectivity index (χ1) is 9.88. The topological polar surface area (TPSA) is 49.4 Å². The molecule has 0 aromatic heterocycles. The average Bonchev–Trinajstić information content (AvgIpc) is 2.94. The molecule has 1 aromatic carbocycles. The lowest BCUT2D eigenvalue weighted by atomic mass is 10.1. The predicted octanol–water partition coefficient (Wildman–Crippen LogP) is 2.23. The average molecular weight is 300 g/mol. The molecule has 1 N–H and O–H groups in total. The maximum Gasteiger partial charge on any atom is 0.418 e. The van der Waals surface area contributed by atoms with Crippen molar-refractivity contribution in [3.63, 3.8) is 0 Å². The molecular weight excluding hydrogens is 285 g/mol. The van der Waals surface area contributed by atoms with Gasteiger partial charge < -0.3 is 10.2 Å². The molecule has 4 nitrogen and oxygen atoms in total. The van der Waals surface area contributed by atoms with Crippen LogP contribution >= 0.6 is 0 Å². The van der Waals surface area contributed by atoms with E-state index in [1.807, 2.05) is 0 Å². The van der Waals surface area contributed by atoms with Gasteiger partial charge in [0.1, 0.15) is 12.3 Å². The summed E-state index contributed by atoms with van der Waals surface area (Å²) < 4.78 is 39.6. The van der Waals surface area contributed by atoms with Gasteiger partial charge in [-0.15, -0.1) is 0 Å². The minimum Gasteiger partial charge on any atom is -0.359 e. The first-order valence-corrected chi connectivity index (χ1v) is 6.53. The van der Waals surface area contributed by atoms with E-state index in [4.69, 9.17) is 0 Å². The Hall–Kier alpha value is -2.05. The van der Waals surface area contributed by atoms with Crippen molar-refractivity contribution in [2.24, 2.45) is 0 Å². The monoisotopic (exact) mass is 300 g/mol. The largest absolute Gasteiger partial charge is 0.418 e. The minimum absolute atomic E-state index is 0.0400. The Morgan fingerprint density at radius 1 is 1.43 bits per heavy atom. The van der Waals surface area contributed by atoms with Crippen LogP contribution in [-0.4, -0.2) is 31.8 Å². The molecule has 1 fully saturated rings. The maximum absolute atomic E-state index is 13.2. The summed E-state index contributed by atoms with van der Waals surface area (Å²) in [7, 11) is 1.46. The Morgan fingerprint density at radius 2 is 2.14 bits per heavy atom. The van der Waals surface area contributed by atoms with Gasteiger partial charge in [0.05, 0.1) is 5.56 Å². The van der Waals surface area contributed by atoms with Gasteiger partial charge >= 0.3 is 6.18 Å². The van der Waals surface area contributed by atoms with Crippen molar-refractivity contribution in [1.82, 2.24) is 5.32 Å². The van der Waals surface area contributed by atoms with Crippen LogP contribution in [0.1, 0.15) is 28.8 Å². The number of rotatable bonds is 3. The van der Waals surface area contributed by atoms with Crippen molar-refractivity contribution in [1.29, 1.82) is 0 Å². The molecule has 0 spiro atoms. The van der Waals surface area contributed by atoms with Crippen molar-refractivity contribution in [2.75, 3.05) is 18.5 Å². The predicted molar refractivity (Wildman–Crippen MR) is 71.3 cm³/mol. The Labute approximate surface area is 119 Å². The van der Waals surface area contributed by atoms with Crippen LogP contribution in [0.25, 0.3) is 0 Å². The second-order valence-corrected chi connectivity index (χ2v) is 4.86.